The van der Waals surface area contributed by atoms with E-state index >= 15 is 0 Å². The molecule has 0 heterocycles. The van der Waals surface area contributed by atoms with Crippen molar-refractivity contribution in [3.63, 3.8) is 0 Å². The van der Waals surface area contributed by atoms with Gasteiger partial charge in [0.15, 0.2) is 6.61 Å². The molecule has 0 atom stereocenters. The second-order valence-corrected chi connectivity index (χ2v) is 7.40. The van der Waals surface area contributed by atoms with Crippen LogP contribution >= 0.6 is 11.8 Å². The first kappa shape index (κ1) is 17.4. The van der Waals surface area contributed by atoms with E-state index in [1.165, 1.54) is 11.8 Å². The number of carbonyl (C=O) groups is 2. The summed E-state index contributed by atoms with van der Waals surface area (Å²) < 4.78 is 5.34. The van der Waals surface area contributed by atoms with Crippen LogP contribution in [0.5, 0.6) is 5.75 Å². The quantitative estimate of drug-likeness (QED) is 0.817. The van der Waals surface area contributed by atoms with E-state index in [-0.39, 0.29) is 17.3 Å². The molecule has 0 aliphatic rings. The van der Waals surface area contributed by atoms with Gasteiger partial charge in [-0.2, -0.15) is 0 Å². The van der Waals surface area contributed by atoms with Crippen molar-refractivity contribution in [2.75, 3.05) is 12.4 Å². The zero-order valence-corrected chi connectivity index (χ0v) is 13.7. The molecule has 0 saturated carbocycles. The molecule has 1 aromatic rings. The number of rotatable bonds is 5. The van der Waals surface area contributed by atoms with E-state index < -0.39 is 5.91 Å². The summed E-state index contributed by atoms with van der Waals surface area (Å²) in [5.74, 6) is 0.284. The zero-order valence-electron chi connectivity index (χ0n) is 12.9. The van der Waals surface area contributed by atoms with Gasteiger partial charge in [0.2, 0.25) is 5.91 Å². The van der Waals surface area contributed by atoms with Gasteiger partial charge in [-0.05, 0) is 24.6 Å². The summed E-state index contributed by atoms with van der Waals surface area (Å²) in [4.78, 5) is 23.1. The van der Waals surface area contributed by atoms with E-state index in [1.807, 2.05) is 45.9 Å². The van der Waals surface area contributed by atoms with E-state index in [0.717, 1.165) is 5.56 Å². The molecule has 0 fully saturated rings. The second-order valence-electron chi connectivity index (χ2n) is 5.60. The molecule has 0 unspecified atom stereocenters. The summed E-state index contributed by atoms with van der Waals surface area (Å²) in [6.45, 7) is 7.88. The number of ether oxygens (including phenoxy) is 1. The lowest BCUT2D eigenvalue weighted by Gasteiger charge is -2.17. The van der Waals surface area contributed by atoms with Crippen LogP contribution < -0.4 is 15.6 Å². The number of hydrazine groups is 1. The number of hydrogen-bond acceptors (Lipinski definition) is 4. The van der Waals surface area contributed by atoms with Crippen LogP contribution in [0.3, 0.4) is 0 Å². The first-order valence-electron chi connectivity index (χ1n) is 6.67. The number of nitrogens with one attached hydrogen (secondary N) is 2. The topological polar surface area (TPSA) is 67.4 Å². The lowest BCUT2D eigenvalue weighted by molar-refractivity contribution is -0.128. The summed E-state index contributed by atoms with van der Waals surface area (Å²) in [5, 5.41) is 0. The van der Waals surface area contributed by atoms with Crippen molar-refractivity contribution in [2.24, 2.45) is 0 Å². The first-order valence-corrected chi connectivity index (χ1v) is 7.66. The van der Waals surface area contributed by atoms with Gasteiger partial charge in [0, 0.05) is 4.75 Å². The van der Waals surface area contributed by atoms with E-state index in [4.69, 9.17) is 4.74 Å². The maximum Gasteiger partial charge on any atom is 0.276 e. The average molecular weight is 310 g/mol. The number of benzene rings is 1. The maximum absolute atomic E-state index is 11.5. The summed E-state index contributed by atoms with van der Waals surface area (Å²) in [6, 6.07) is 7.42. The third-order valence-corrected chi connectivity index (χ3v) is 3.61. The van der Waals surface area contributed by atoms with Gasteiger partial charge in [-0.15, -0.1) is 11.8 Å². The van der Waals surface area contributed by atoms with Crippen molar-refractivity contribution >= 4 is 23.6 Å². The van der Waals surface area contributed by atoms with Gasteiger partial charge < -0.3 is 4.74 Å². The van der Waals surface area contributed by atoms with Gasteiger partial charge in [0.25, 0.3) is 5.91 Å². The van der Waals surface area contributed by atoms with Gasteiger partial charge in [0.1, 0.15) is 5.75 Å². The highest BCUT2D eigenvalue weighted by Gasteiger charge is 2.13. The van der Waals surface area contributed by atoms with Crippen molar-refractivity contribution < 1.29 is 14.3 Å². The molecule has 0 aliphatic heterocycles. The molecule has 0 aliphatic carbocycles. The van der Waals surface area contributed by atoms with E-state index in [1.54, 1.807) is 6.07 Å². The molecular weight excluding hydrogens is 288 g/mol. The summed E-state index contributed by atoms with van der Waals surface area (Å²) >= 11 is 1.51. The average Bonchev–Trinajstić information content (AvgIpc) is 2.40. The fourth-order valence-corrected chi connectivity index (χ4v) is 1.98. The molecule has 0 aromatic heterocycles. The lowest BCUT2D eigenvalue weighted by atomic mass is 10.2. The number of amides is 2. The molecular formula is C15H22N2O3S. The largest absolute Gasteiger partial charge is 0.484 e. The van der Waals surface area contributed by atoms with Gasteiger partial charge in [-0.1, -0.05) is 32.9 Å². The van der Waals surface area contributed by atoms with Crippen LogP contribution in [0.15, 0.2) is 24.3 Å². The third kappa shape index (κ3) is 8.24. The molecule has 116 valence electrons. The Bertz CT molecular complexity index is 498. The van der Waals surface area contributed by atoms with Crippen LogP contribution in [0, 0.1) is 6.92 Å². The van der Waals surface area contributed by atoms with Crippen molar-refractivity contribution in [3.05, 3.63) is 29.8 Å². The van der Waals surface area contributed by atoms with Crippen LogP contribution in [-0.2, 0) is 9.59 Å². The Morgan fingerprint density at radius 1 is 1.19 bits per heavy atom. The SMILES string of the molecule is Cc1cccc(OCC(=O)NNC(=O)CSC(C)(C)C)c1. The lowest BCUT2D eigenvalue weighted by Crippen LogP contribution is -2.44. The van der Waals surface area contributed by atoms with E-state index in [9.17, 15) is 9.59 Å². The molecule has 21 heavy (non-hydrogen) atoms. The first-order chi connectivity index (χ1) is 9.76. The minimum Gasteiger partial charge on any atom is -0.484 e. The summed E-state index contributed by atoms with van der Waals surface area (Å²) in [5.41, 5.74) is 5.75. The molecule has 2 amide bonds. The van der Waals surface area contributed by atoms with E-state index in [0.29, 0.717) is 11.5 Å². The minimum atomic E-state index is -0.398. The van der Waals surface area contributed by atoms with Crippen molar-refractivity contribution in [1.29, 1.82) is 0 Å². The van der Waals surface area contributed by atoms with Crippen LogP contribution in [0.25, 0.3) is 0 Å². The highest BCUT2D eigenvalue weighted by molar-refractivity contribution is 8.01. The van der Waals surface area contributed by atoms with E-state index in [2.05, 4.69) is 10.9 Å². The van der Waals surface area contributed by atoms with Gasteiger partial charge in [0.05, 0.1) is 5.75 Å². The molecule has 0 saturated heterocycles. The molecule has 1 aromatic carbocycles. The molecule has 2 N–H and O–H groups in total. The molecule has 0 radical (unpaired) electrons. The van der Waals surface area contributed by atoms with Gasteiger partial charge >= 0.3 is 0 Å². The Kier molecular flexibility index (Phi) is 6.55. The van der Waals surface area contributed by atoms with Crippen molar-refractivity contribution in [2.45, 2.75) is 32.4 Å². The smallest absolute Gasteiger partial charge is 0.276 e. The van der Waals surface area contributed by atoms with Crippen LogP contribution in [0.1, 0.15) is 26.3 Å². The monoisotopic (exact) mass is 310 g/mol. The Labute approximate surface area is 129 Å². The molecule has 5 nitrogen and oxygen atoms in total. The summed E-state index contributed by atoms with van der Waals surface area (Å²) in [6.07, 6.45) is 0. The Morgan fingerprint density at radius 2 is 1.86 bits per heavy atom. The van der Waals surface area contributed by atoms with Crippen molar-refractivity contribution in [1.82, 2.24) is 10.9 Å². The normalized spacial score (nSPS) is 10.9. The van der Waals surface area contributed by atoms with Crippen LogP contribution in [-0.4, -0.2) is 28.9 Å². The number of aryl methyl sites for hydroxylation is 1. The highest BCUT2D eigenvalue weighted by atomic mass is 32.2. The Morgan fingerprint density at radius 3 is 2.48 bits per heavy atom. The molecule has 0 spiro atoms. The molecule has 6 heteroatoms. The van der Waals surface area contributed by atoms with Crippen LogP contribution in [0.4, 0.5) is 0 Å². The zero-order chi connectivity index (χ0) is 15.9. The standard InChI is InChI=1S/C15H22N2O3S/c1-11-6-5-7-12(8-11)20-9-13(18)16-17-14(19)10-21-15(2,3)4/h5-8H,9-10H2,1-4H3,(H,16,18)(H,17,19). The predicted octanol–water partition coefficient (Wildman–Crippen LogP) is 2.05. The predicted molar refractivity (Wildman–Crippen MR) is 85.2 cm³/mol. The fraction of sp³-hybridized carbons (Fsp3) is 0.467. The maximum atomic E-state index is 11.5. The Balaban J connectivity index is 2.23. The summed E-state index contributed by atoms with van der Waals surface area (Å²) in [7, 11) is 0. The molecule has 1 rings (SSSR count). The number of thioether (sulfide) groups is 1. The van der Waals surface area contributed by atoms with Gasteiger partial charge in [-0.3, -0.25) is 20.4 Å². The third-order valence-electron chi connectivity index (χ3n) is 2.34. The van der Waals surface area contributed by atoms with Gasteiger partial charge in [-0.25, -0.2) is 0 Å². The number of hydrogen-bond donors (Lipinski definition) is 2. The van der Waals surface area contributed by atoms with Crippen molar-refractivity contribution in [3.8, 4) is 5.75 Å². The second kappa shape index (κ2) is 7.93. The Hall–Kier alpha value is -1.69. The number of carbonyl (C=O) groups excluding carboxylic acids is 2. The molecule has 0 bridgehead atoms. The highest BCUT2D eigenvalue weighted by Crippen LogP contribution is 2.22. The fourth-order valence-electron chi connectivity index (χ4n) is 1.35. The van der Waals surface area contributed by atoms with Crippen LogP contribution in [0.2, 0.25) is 0 Å². The minimum absolute atomic E-state index is 0.00955.